The summed E-state index contributed by atoms with van der Waals surface area (Å²) in [6.45, 7) is 9.62. The largest absolute Gasteiger partial charge is 0.393 e. The molecule has 0 radical (unpaired) electrons. The lowest BCUT2D eigenvalue weighted by Crippen LogP contribution is -2.58. The molecule has 0 saturated heterocycles. The molecular weight excluding hydrogens is 308 g/mol. The second-order valence-corrected chi connectivity index (χ2v) is 10.9. The normalized spacial score (nSPS) is 56.6. The maximum atomic E-state index is 10.4. The Morgan fingerprint density at radius 1 is 0.960 bits per heavy atom. The van der Waals surface area contributed by atoms with E-state index in [1.165, 1.54) is 51.4 Å². The number of hydrogen-bond donors (Lipinski definition) is 1. The van der Waals surface area contributed by atoms with Gasteiger partial charge in [-0.15, -0.1) is 0 Å². The molecule has 4 aliphatic rings. The standard InChI is InChI=1S/C23H40O2/c1-14-8-10-22(3)16(12-14)13-20(25-5)21-18-7-6-17(15(2)24)23(18,4)11-9-19(21)22/h14-21,24H,6-13H2,1-5H3. The summed E-state index contributed by atoms with van der Waals surface area (Å²) in [5.74, 6) is 4.57. The Bertz CT molecular complexity index is 502. The molecule has 0 aliphatic heterocycles. The van der Waals surface area contributed by atoms with E-state index in [4.69, 9.17) is 4.74 Å². The van der Waals surface area contributed by atoms with Crippen LogP contribution in [0.25, 0.3) is 0 Å². The zero-order valence-electron chi connectivity index (χ0n) is 17.1. The van der Waals surface area contributed by atoms with Crippen LogP contribution < -0.4 is 0 Å². The summed E-state index contributed by atoms with van der Waals surface area (Å²) >= 11 is 0. The number of aliphatic hydroxyl groups is 1. The van der Waals surface area contributed by atoms with Gasteiger partial charge in [0.1, 0.15) is 0 Å². The van der Waals surface area contributed by atoms with Gasteiger partial charge in [0, 0.05) is 7.11 Å². The molecule has 2 heteroatoms. The van der Waals surface area contributed by atoms with E-state index in [1.807, 2.05) is 14.0 Å². The van der Waals surface area contributed by atoms with Crippen LogP contribution in [-0.4, -0.2) is 24.4 Å². The van der Waals surface area contributed by atoms with Crippen molar-refractivity contribution >= 4 is 0 Å². The van der Waals surface area contributed by atoms with Gasteiger partial charge < -0.3 is 9.84 Å². The molecule has 4 saturated carbocycles. The fraction of sp³-hybridized carbons (Fsp3) is 1.00. The minimum Gasteiger partial charge on any atom is -0.393 e. The van der Waals surface area contributed by atoms with Gasteiger partial charge >= 0.3 is 0 Å². The van der Waals surface area contributed by atoms with Gasteiger partial charge in [-0.05, 0) is 98.2 Å². The third-order valence-electron chi connectivity index (χ3n) is 9.88. The molecule has 2 nitrogen and oxygen atoms in total. The number of rotatable bonds is 2. The minimum absolute atomic E-state index is 0.157. The van der Waals surface area contributed by atoms with E-state index in [1.54, 1.807) is 0 Å². The van der Waals surface area contributed by atoms with Gasteiger partial charge in [-0.3, -0.25) is 0 Å². The first kappa shape index (κ1) is 18.3. The maximum absolute atomic E-state index is 10.4. The third-order valence-corrected chi connectivity index (χ3v) is 9.88. The Hall–Kier alpha value is -0.0800. The van der Waals surface area contributed by atoms with E-state index < -0.39 is 0 Å². The number of ether oxygens (including phenoxy) is 1. The molecule has 0 spiro atoms. The lowest BCUT2D eigenvalue weighted by molar-refractivity contribution is -0.178. The average Bonchev–Trinajstić information content (AvgIpc) is 2.92. The van der Waals surface area contributed by atoms with Gasteiger partial charge in [-0.25, -0.2) is 0 Å². The lowest BCUT2D eigenvalue weighted by Gasteiger charge is -2.63. The predicted molar refractivity (Wildman–Crippen MR) is 102 cm³/mol. The van der Waals surface area contributed by atoms with Crippen molar-refractivity contribution in [1.29, 1.82) is 0 Å². The lowest BCUT2D eigenvalue weighted by atomic mass is 9.43. The van der Waals surface area contributed by atoms with Gasteiger partial charge in [0.25, 0.3) is 0 Å². The second-order valence-electron chi connectivity index (χ2n) is 10.9. The fourth-order valence-corrected chi connectivity index (χ4v) is 8.49. The Balaban J connectivity index is 1.67. The molecule has 144 valence electrons. The first-order valence-electron chi connectivity index (χ1n) is 11.0. The van der Waals surface area contributed by atoms with Gasteiger partial charge in [0.2, 0.25) is 0 Å². The molecule has 10 atom stereocenters. The molecule has 4 rings (SSSR count). The molecule has 0 aromatic rings. The summed E-state index contributed by atoms with van der Waals surface area (Å²) in [5, 5.41) is 10.4. The van der Waals surface area contributed by atoms with E-state index in [-0.39, 0.29) is 6.10 Å². The van der Waals surface area contributed by atoms with Crippen molar-refractivity contribution < 1.29 is 9.84 Å². The highest BCUT2D eigenvalue weighted by Gasteiger charge is 2.63. The smallest absolute Gasteiger partial charge is 0.0608 e. The highest BCUT2D eigenvalue weighted by atomic mass is 16.5. The van der Waals surface area contributed by atoms with Gasteiger partial charge in [-0.2, -0.15) is 0 Å². The van der Waals surface area contributed by atoms with E-state index in [0.717, 1.165) is 29.6 Å². The van der Waals surface area contributed by atoms with Crippen LogP contribution in [0.3, 0.4) is 0 Å². The summed E-state index contributed by atoms with van der Waals surface area (Å²) in [4.78, 5) is 0. The van der Waals surface area contributed by atoms with Gasteiger partial charge in [0.15, 0.2) is 0 Å². The number of methoxy groups -OCH3 is 1. The zero-order chi connectivity index (χ0) is 18.0. The highest BCUT2D eigenvalue weighted by Crippen LogP contribution is 2.68. The fourth-order valence-electron chi connectivity index (χ4n) is 8.49. The molecule has 10 unspecified atom stereocenters. The molecule has 0 heterocycles. The van der Waals surface area contributed by atoms with Crippen molar-refractivity contribution in [2.24, 2.45) is 46.3 Å². The van der Waals surface area contributed by atoms with Crippen LogP contribution in [0.5, 0.6) is 0 Å². The average molecular weight is 349 g/mol. The molecule has 25 heavy (non-hydrogen) atoms. The van der Waals surface area contributed by atoms with Gasteiger partial charge in [-0.1, -0.05) is 27.2 Å². The van der Waals surface area contributed by atoms with Crippen LogP contribution in [0.15, 0.2) is 0 Å². The first-order chi connectivity index (χ1) is 11.8. The first-order valence-corrected chi connectivity index (χ1v) is 11.0. The Labute approximate surface area is 155 Å². The summed E-state index contributed by atoms with van der Waals surface area (Å²) in [7, 11) is 1.96. The van der Waals surface area contributed by atoms with E-state index in [9.17, 15) is 5.11 Å². The van der Waals surface area contributed by atoms with Crippen LogP contribution in [0.4, 0.5) is 0 Å². The Kier molecular flexibility index (Phi) is 4.56. The third kappa shape index (κ3) is 2.57. The maximum Gasteiger partial charge on any atom is 0.0608 e. The van der Waals surface area contributed by atoms with Crippen LogP contribution in [-0.2, 0) is 4.74 Å². The van der Waals surface area contributed by atoms with Crippen LogP contribution >= 0.6 is 0 Å². The topological polar surface area (TPSA) is 29.5 Å². The van der Waals surface area contributed by atoms with Crippen molar-refractivity contribution in [2.45, 2.75) is 91.3 Å². The van der Waals surface area contributed by atoms with Crippen molar-refractivity contribution in [1.82, 2.24) is 0 Å². The quantitative estimate of drug-likeness (QED) is 0.735. The molecule has 0 amide bonds. The monoisotopic (exact) mass is 348 g/mol. The SMILES string of the molecule is COC1CC2CC(C)CCC2(C)C2CCC3(C)C(C(C)O)CCC3C12. The number of fused-ring (bicyclic) bond motifs is 5. The van der Waals surface area contributed by atoms with E-state index in [0.29, 0.717) is 22.9 Å². The van der Waals surface area contributed by atoms with Crippen molar-refractivity contribution in [2.75, 3.05) is 7.11 Å². The van der Waals surface area contributed by atoms with Gasteiger partial charge in [0.05, 0.1) is 12.2 Å². The molecule has 0 aromatic heterocycles. The molecule has 0 aromatic carbocycles. The van der Waals surface area contributed by atoms with Crippen molar-refractivity contribution in [3.63, 3.8) is 0 Å². The molecular formula is C23H40O2. The van der Waals surface area contributed by atoms with E-state index >= 15 is 0 Å². The van der Waals surface area contributed by atoms with Crippen LogP contribution in [0.2, 0.25) is 0 Å². The number of hydrogen-bond acceptors (Lipinski definition) is 2. The van der Waals surface area contributed by atoms with Crippen LogP contribution in [0, 0.1) is 46.3 Å². The predicted octanol–water partition coefficient (Wildman–Crippen LogP) is 5.29. The van der Waals surface area contributed by atoms with E-state index in [2.05, 4.69) is 20.8 Å². The summed E-state index contributed by atoms with van der Waals surface area (Å²) in [6, 6.07) is 0. The Morgan fingerprint density at radius 2 is 1.64 bits per heavy atom. The summed E-state index contributed by atoms with van der Waals surface area (Å²) in [6.07, 6.45) is 11.1. The second kappa shape index (κ2) is 6.23. The molecule has 4 fully saturated rings. The van der Waals surface area contributed by atoms with Crippen LogP contribution in [0.1, 0.15) is 79.1 Å². The molecule has 1 N–H and O–H groups in total. The van der Waals surface area contributed by atoms with Crippen molar-refractivity contribution in [3.8, 4) is 0 Å². The minimum atomic E-state index is -0.157. The summed E-state index contributed by atoms with van der Waals surface area (Å²) in [5.41, 5.74) is 0.869. The molecule has 0 bridgehead atoms. The molecule has 4 aliphatic carbocycles. The Morgan fingerprint density at radius 3 is 2.32 bits per heavy atom. The zero-order valence-corrected chi connectivity index (χ0v) is 17.1. The highest BCUT2D eigenvalue weighted by molar-refractivity contribution is 5.11. The number of aliphatic hydroxyl groups excluding tert-OH is 1. The summed E-state index contributed by atoms with van der Waals surface area (Å²) < 4.78 is 6.18. The van der Waals surface area contributed by atoms with Crippen molar-refractivity contribution in [3.05, 3.63) is 0 Å².